The number of amides is 2. The van der Waals surface area contributed by atoms with E-state index in [4.69, 9.17) is 15.2 Å². The van der Waals surface area contributed by atoms with Crippen molar-refractivity contribution in [2.24, 2.45) is 17.6 Å². The van der Waals surface area contributed by atoms with Gasteiger partial charge in [-0.1, -0.05) is 30.3 Å². The molecular formula is C21H31N3O4. The third-order valence-corrected chi connectivity index (χ3v) is 5.36. The molecular weight excluding hydrogens is 358 g/mol. The lowest BCUT2D eigenvalue weighted by atomic mass is 9.72. The van der Waals surface area contributed by atoms with Crippen LogP contribution in [0.25, 0.3) is 0 Å². The van der Waals surface area contributed by atoms with Crippen LogP contribution in [0.3, 0.4) is 0 Å². The van der Waals surface area contributed by atoms with Crippen LogP contribution in [0, 0.1) is 11.8 Å². The third-order valence-electron chi connectivity index (χ3n) is 5.36. The highest BCUT2D eigenvalue weighted by molar-refractivity contribution is 5.69. The van der Waals surface area contributed by atoms with Gasteiger partial charge in [-0.2, -0.15) is 0 Å². The Morgan fingerprint density at radius 1 is 1.14 bits per heavy atom. The van der Waals surface area contributed by atoms with E-state index in [0.717, 1.165) is 18.4 Å². The number of benzene rings is 1. The van der Waals surface area contributed by atoms with Gasteiger partial charge in [0.2, 0.25) is 0 Å². The molecule has 1 saturated carbocycles. The molecule has 1 aromatic rings. The fraction of sp³-hybridized carbons (Fsp3) is 0.619. The maximum atomic E-state index is 12.4. The molecule has 2 atom stereocenters. The van der Waals surface area contributed by atoms with Gasteiger partial charge in [0.15, 0.2) is 0 Å². The number of nitrogens with one attached hydrogen (secondary N) is 1. The molecule has 7 heteroatoms. The van der Waals surface area contributed by atoms with Crippen LogP contribution < -0.4 is 11.1 Å². The van der Waals surface area contributed by atoms with Gasteiger partial charge in [0.1, 0.15) is 12.2 Å². The highest BCUT2D eigenvalue weighted by atomic mass is 16.6. The lowest BCUT2D eigenvalue weighted by molar-refractivity contribution is -0.00581. The second kappa shape index (κ2) is 8.39. The Bertz CT molecular complexity index is 673. The number of rotatable bonds is 3. The van der Waals surface area contributed by atoms with Crippen molar-refractivity contribution in [3.05, 3.63) is 35.9 Å². The first-order valence-corrected chi connectivity index (χ1v) is 9.92. The molecule has 154 valence electrons. The Hall–Kier alpha value is -2.28. The normalized spacial score (nSPS) is 27.1. The smallest absolute Gasteiger partial charge is 0.410 e. The Morgan fingerprint density at radius 2 is 1.75 bits per heavy atom. The average Bonchev–Trinajstić information content (AvgIpc) is 2.60. The van der Waals surface area contributed by atoms with Crippen molar-refractivity contribution in [1.82, 2.24) is 10.2 Å². The molecule has 2 bridgehead atoms. The molecule has 0 radical (unpaired) electrons. The summed E-state index contributed by atoms with van der Waals surface area (Å²) in [5.41, 5.74) is 6.82. The lowest BCUT2D eigenvalue weighted by Gasteiger charge is -2.48. The van der Waals surface area contributed by atoms with E-state index in [1.54, 1.807) is 4.90 Å². The first kappa shape index (κ1) is 20.5. The standard InChI is InChI=1S/C21H31N3O4/c1-21(2,3)28-20(26)24-11-15-9-17(10-16(12-24)18(15)22)23-19(25)27-13-14-7-5-4-6-8-14/h4-8,15-18H,9-13,22H2,1-3H3,(H,23,25). The summed E-state index contributed by atoms with van der Waals surface area (Å²) < 4.78 is 10.8. The van der Waals surface area contributed by atoms with Crippen LogP contribution in [0.15, 0.2) is 30.3 Å². The van der Waals surface area contributed by atoms with Crippen LogP contribution in [0.5, 0.6) is 0 Å². The molecule has 3 rings (SSSR count). The predicted octanol–water partition coefficient (Wildman–Crippen LogP) is 2.89. The number of nitrogens with two attached hydrogens (primary N) is 1. The third kappa shape index (κ3) is 5.38. The maximum Gasteiger partial charge on any atom is 0.410 e. The predicted molar refractivity (Wildman–Crippen MR) is 106 cm³/mol. The number of piperidine rings is 1. The topological polar surface area (TPSA) is 93.9 Å². The highest BCUT2D eigenvalue weighted by Crippen LogP contribution is 2.34. The molecule has 0 spiro atoms. The van der Waals surface area contributed by atoms with Crippen LogP contribution in [-0.2, 0) is 16.1 Å². The Balaban J connectivity index is 1.50. The van der Waals surface area contributed by atoms with Gasteiger partial charge in [0.05, 0.1) is 0 Å². The molecule has 0 aromatic heterocycles. The van der Waals surface area contributed by atoms with E-state index in [1.807, 2.05) is 51.1 Å². The summed E-state index contributed by atoms with van der Waals surface area (Å²) in [7, 11) is 0. The summed E-state index contributed by atoms with van der Waals surface area (Å²) in [5, 5.41) is 2.97. The minimum absolute atomic E-state index is 0.0128. The van der Waals surface area contributed by atoms with Crippen molar-refractivity contribution in [1.29, 1.82) is 0 Å². The van der Waals surface area contributed by atoms with Crippen molar-refractivity contribution < 1.29 is 19.1 Å². The quantitative estimate of drug-likeness (QED) is 0.829. The van der Waals surface area contributed by atoms with Crippen LogP contribution in [0.2, 0.25) is 0 Å². The van der Waals surface area contributed by atoms with E-state index < -0.39 is 11.7 Å². The van der Waals surface area contributed by atoms with Gasteiger partial charge in [0, 0.05) is 25.2 Å². The summed E-state index contributed by atoms with van der Waals surface area (Å²) in [6.07, 6.45) is 0.768. The molecule has 1 aliphatic heterocycles. The van der Waals surface area contributed by atoms with E-state index in [-0.39, 0.29) is 36.6 Å². The zero-order valence-corrected chi connectivity index (χ0v) is 16.9. The van der Waals surface area contributed by atoms with Gasteiger partial charge < -0.3 is 25.4 Å². The van der Waals surface area contributed by atoms with E-state index >= 15 is 0 Å². The van der Waals surface area contributed by atoms with Gasteiger partial charge in [-0.15, -0.1) is 0 Å². The number of hydrogen-bond acceptors (Lipinski definition) is 5. The number of nitrogens with zero attached hydrogens (tertiary/aromatic N) is 1. The van der Waals surface area contributed by atoms with E-state index in [1.165, 1.54) is 0 Å². The van der Waals surface area contributed by atoms with Crippen molar-refractivity contribution in [2.45, 2.75) is 57.9 Å². The zero-order valence-electron chi connectivity index (χ0n) is 16.9. The molecule has 3 N–H and O–H groups in total. The summed E-state index contributed by atoms with van der Waals surface area (Å²) in [4.78, 5) is 26.3. The molecule has 2 unspecified atom stereocenters. The number of carbonyl (C=O) groups excluding carboxylic acids is 2. The van der Waals surface area contributed by atoms with Crippen LogP contribution in [-0.4, -0.2) is 47.9 Å². The molecule has 2 fully saturated rings. The Morgan fingerprint density at radius 3 is 2.32 bits per heavy atom. The molecule has 7 nitrogen and oxygen atoms in total. The van der Waals surface area contributed by atoms with E-state index in [0.29, 0.717) is 13.1 Å². The number of hydrogen-bond donors (Lipinski definition) is 2. The lowest BCUT2D eigenvalue weighted by Crippen LogP contribution is -2.61. The van der Waals surface area contributed by atoms with Gasteiger partial charge in [-0.3, -0.25) is 0 Å². The summed E-state index contributed by atoms with van der Waals surface area (Å²) >= 11 is 0. The van der Waals surface area contributed by atoms with Crippen molar-refractivity contribution in [2.75, 3.05) is 13.1 Å². The Labute approximate surface area is 166 Å². The average molecular weight is 389 g/mol. The number of likely N-dealkylation sites (tertiary alicyclic amines) is 1. The number of fused-ring (bicyclic) bond motifs is 2. The molecule has 1 aromatic carbocycles. The van der Waals surface area contributed by atoms with Gasteiger partial charge in [-0.05, 0) is 51.0 Å². The summed E-state index contributed by atoms with van der Waals surface area (Å²) in [5.74, 6) is 0.277. The van der Waals surface area contributed by atoms with Gasteiger partial charge in [0.25, 0.3) is 0 Å². The largest absolute Gasteiger partial charge is 0.445 e. The van der Waals surface area contributed by atoms with Gasteiger partial charge >= 0.3 is 12.2 Å². The van der Waals surface area contributed by atoms with Crippen LogP contribution in [0.1, 0.15) is 39.2 Å². The number of carbonyl (C=O) groups is 2. The molecule has 1 heterocycles. The second-order valence-electron chi connectivity index (χ2n) is 8.86. The molecule has 2 aliphatic rings. The zero-order chi connectivity index (χ0) is 20.3. The molecule has 1 aliphatic carbocycles. The second-order valence-corrected chi connectivity index (χ2v) is 8.86. The minimum atomic E-state index is -0.516. The SMILES string of the molecule is CC(C)(C)OC(=O)N1CC2CC(NC(=O)OCc3ccccc3)CC(C1)C2N. The fourth-order valence-electron chi connectivity index (χ4n) is 4.08. The summed E-state index contributed by atoms with van der Waals surface area (Å²) in [6, 6.07) is 9.64. The first-order chi connectivity index (χ1) is 13.2. The number of alkyl carbamates (subject to hydrolysis) is 1. The molecule has 2 amide bonds. The van der Waals surface area contributed by atoms with E-state index in [9.17, 15) is 9.59 Å². The summed E-state index contributed by atoms with van der Waals surface area (Å²) in [6.45, 7) is 6.96. The molecule has 1 saturated heterocycles. The fourth-order valence-corrected chi connectivity index (χ4v) is 4.08. The first-order valence-electron chi connectivity index (χ1n) is 9.92. The molecule has 28 heavy (non-hydrogen) atoms. The minimum Gasteiger partial charge on any atom is -0.445 e. The van der Waals surface area contributed by atoms with Crippen molar-refractivity contribution in [3.63, 3.8) is 0 Å². The van der Waals surface area contributed by atoms with Crippen molar-refractivity contribution in [3.8, 4) is 0 Å². The van der Waals surface area contributed by atoms with Crippen LogP contribution in [0.4, 0.5) is 9.59 Å². The Kier molecular flexibility index (Phi) is 6.13. The van der Waals surface area contributed by atoms with E-state index in [2.05, 4.69) is 5.32 Å². The van der Waals surface area contributed by atoms with Gasteiger partial charge in [-0.25, -0.2) is 9.59 Å². The van der Waals surface area contributed by atoms with Crippen molar-refractivity contribution >= 4 is 12.2 Å². The number of ether oxygens (including phenoxy) is 2. The maximum absolute atomic E-state index is 12.4. The van der Waals surface area contributed by atoms with Crippen LogP contribution >= 0.6 is 0 Å². The highest BCUT2D eigenvalue weighted by Gasteiger charge is 2.43. The monoisotopic (exact) mass is 389 g/mol.